The highest BCUT2D eigenvalue weighted by molar-refractivity contribution is 5.82. The number of nitrogens with one attached hydrogen (secondary N) is 1. The van der Waals surface area contributed by atoms with E-state index in [1.807, 2.05) is 0 Å². The molecule has 0 saturated carbocycles. The Morgan fingerprint density at radius 3 is 2.84 bits per heavy atom. The monoisotopic (exact) mass is 267 g/mol. The molecule has 0 fully saturated rings. The molecule has 0 aliphatic carbocycles. The average molecular weight is 267 g/mol. The van der Waals surface area contributed by atoms with Gasteiger partial charge in [0.05, 0.1) is 6.54 Å². The Bertz CT molecular complexity index is 449. The zero-order valence-corrected chi connectivity index (χ0v) is 11.8. The van der Waals surface area contributed by atoms with Gasteiger partial charge in [-0.3, -0.25) is 5.32 Å². The molecule has 0 radical (unpaired) electrons. The number of aromatic nitrogens is 3. The van der Waals surface area contributed by atoms with Crippen molar-refractivity contribution in [1.82, 2.24) is 14.8 Å². The van der Waals surface area contributed by atoms with Crippen molar-refractivity contribution < 1.29 is 9.53 Å². The first kappa shape index (κ1) is 13.8. The van der Waals surface area contributed by atoms with Gasteiger partial charge < -0.3 is 10.5 Å². The van der Waals surface area contributed by atoms with E-state index in [0.717, 1.165) is 12.2 Å². The SMILES string of the molecule is CC1Cc2nc(NC(=O)OC(C)(C)C)nn2CC1N. The molecule has 2 unspecified atom stereocenters. The molecule has 1 aromatic heterocycles. The van der Waals surface area contributed by atoms with Crippen LogP contribution in [-0.2, 0) is 17.7 Å². The fourth-order valence-corrected chi connectivity index (χ4v) is 1.94. The average Bonchev–Trinajstić information content (AvgIpc) is 2.56. The second-order valence-corrected chi connectivity index (χ2v) is 6.01. The van der Waals surface area contributed by atoms with E-state index >= 15 is 0 Å². The van der Waals surface area contributed by atoms with Crippen molar-refractivity contribution in [1.29, 1.82) is 0 Å². The van der Waals surface area contributed by atoms with Crippen LogP contribution < -0.4 is 11.1 Å². The first-order valence-corrected chi connectivity index (χ1v) is 6.44. The molecule has 2 heterocycles. The number of carbonyl (C=O) groups excluding carboxylic acids is 1. The number of nitrogens with zero attached hydrogens (tertiary/aromatic N) is 3. The maximum absolute atomic E-state index is 11.6. The van der Waals surface area contributed by atoms with Gasteiger partial charge in [-0.05, 0) is 26.7 Å². The Balaban J connectivity index is 2.04. The largest absolute Gasteiger partial charge is 0.444 e. The van der Waals surface area contributed by atoms with Gasteiger partial charge in [-0.15, -0.1) is 5.10 Å². The van der Waals surface area contributed by atoms with Crippen LogP contribution in [0.15, 0.2) is 0 Å². The number of hydrogen-bond donors (Lipinski definition) is 2. The molecule has 1 aliphatic rings. The Labute approximate surface area is 112 Å². The van der Waals surface area contributed by atoms with Crippen molar-refractivity contribution in [2.24, 2.45) is 11.7 Å². The standard InChI is InChI=1S/C12H21N5O2/c1-7-5-9-14-10(16-17(9)6-8(7)13)15-11(18)19-12(2,3)4/h7-8H,5-6,13H2,1-4H3,(H,15,16,18). The summed E-state index contributed by atoms with van der Waals surface area (Å²) in [7, 11) is 0. The van der Waals surface area contributed by atoms with Crippen molar-refractivity contribution in [3.05, 3.63) is 5.82 Å². The summed E-state index contributed by atoms with van der Waals surface area (Å²) < 4.78 is 6.90. The lowest BCUT2D eigenvalue weighted by molar-refractivity contribution is 0.0634. The molecular formula is C12H21N5O2. The van der Waals surface area contributed by atoms with Crippen LogP contribution in [0.2, 0.25) is 0 Å². The third-order valence-corrected chi connectivity index (χ3v) is 2.98. The first-order chi connectivity index (χ1) is 8.74. The molecule has 106 valence electrons. The van der Waals surface area contributed by atoms with Crippen LogP contribution in [0.25, 0.3) is 0 Å². The number of anilines is 1. The molecule has 1 amide bonds. The van der Waals surface area contributed by atoms with Gasteiger partial charge in [0.1, 0.15) is 11.4 Å². The predicted octanol–water partition coefficient (Wildman–Crippen LogP) is 1.14. The lowest BCUT2D eigenvalue weighted by Crippen LogP contribution is -2.39. The Hall–Kier alpha value is -1.63. The first-order valence-electron chi connectivity index (χ1n) is 6.44. The van der Waals surface area contributed by atoms with Crippen molar-refractivity contribution in [3.8, 4) is 0 Å². The van der Waals surface area contributed by atoms with Crippen molar-refractivity contribution >= 4 is 12.0 Å². The van der Waals surface area contributed by atoms with Gasteiger partial charge in [-0.2, -0.15) is 4.98 Å². The summed E-state index contributed by atoms with van der Waals surface area (Å²) in [5.74, 6) is 1.48. The van der Waals surface area contributed by atoms with Crippen molar-refractivity contribution in [3.63, 3.8) is 0 Å². The molecule has 7 nitrogen and oxygen atoms in total. The lowest BCUT2D eigenvalue weighted by atomic mass is 9.96. The molecule has 2 atom stereocenters. The minimum Gasteiger partial charge on any atom is -0.444 e. The van der Waals surface area contributed by atoms with Crippen LogP contribution in [0.5, 0.6) is 0 Å². The molecule has 0 aromatic carbocycles. The molecular weight excluding hydrogens is 246 g/mol. The fourth-order valence-electron chi connectivity index (χ4n) is 1.94. The summed E-state index contributed by atoms with van der Waals surface area (Å²) in [5.41, 5.74) is 5.44. The number of rotatable bonds is 1. The van der Waals surface area contributed by atoms with Gasteiger partial charge in [-0.1, -0.05) is 6.92 Å². The molecule has 0 bridgehead atoms. The van der Waals surface area contributed by atoms with E-state index in [9.17, 15) is 4.79 Å². The molecule has 1 aromatic rings. The van der Waals surface area contributed by atoms with E-state index in [-0.39, 0.29) is 12.0 Å². The highest BCUT2D eigenvalue weighted by atomic mass is 16.6. The normalized spacial score (nSPS) is 22.8. The molecule has 7 heteroatoms. The lowest BCUT2D eigenvalue weighted by Gasteiger charge is -2.24. The zero-order valence-electron chi connectivity index (χ0n) is 11.8. The topological polar surface area (TPSA) is 95.1 Å². The van der Waals surface area contributed by atoms with E-state index in [4.69, 9.17) is 10.5 Å². The molecule has 2 rings (SSSR count). The van der Waals surface area contributed by atoms with Crippen LogP contribution >= 0.6 is 0 Å². The van der Waals surface area contributed by atoms with E-state index in [1.165, 1.54) is 0 Å². The maximum Gasteiger partial charge on any atom is 0.414 e. The van der Waals surface area contributed by atoms with Crippen LogP contribution in [0.3, 0.4) is 0 Å². The number of ether oxygens (including phenoxy) is 1. The highest BCUT2D eigenvalue weighted by Crippen LogP contribution is 2.19. The summed E-state index contributed by atoms with van der Waals surface area (Å²) in [5, 5.41) is 6.76. The van der Waals surface area contributed by atoms with Crippen LogP contribution in [0, 0.1) is 5.92 Å². The van der Waals surface area contributed by atoms with Gasteiger partial charge in [0.2, 0.25) is 0 Å². The fraction of sp³-hybridized carbons (Fsp3) is 0.750. The van der Waals surface area contributed by atoms with Gasteiger partial charge >= 0.3 is 6.09 Å². The van der Waals surface area contributed by atoms with Crippen LogP contribution in [0.4, 0.5) is 10.7 Å². The van der Waals surface area contributed by atoms with Gasteiger partial charge in [-0.25, -0.2) is 9.48 Å². The second kappa shape index (κ2) is 4.80. The number of carbonyl (C=O) groups is 1. The van der Waals surface area contributed by atoms with E-state index in [0.29, 0.717) is 12.5 Å². The summed E-state index contributed by atoms with van der Waals surface area (Å²) in [4.78, 5) is 15.9. The third kappa shape index (κ3) is 3.44. The Kier molecular flexibility index (Phi) is 3.49. The Morgan fingerprint density at radius 1 is 1.53 bits per heavy atom. The van der Waals surface area contributed by atoms with Gasteiger partial charge in [0, 0.05) is 12.5 Å². The summed E-state index contributed by atoms with van der Waals surface area (Å²) in [6.07, 6.45) is 0.220. The van der Waals surface area contributed by atoms with E-state index < -0.39 is 11.7 Å². The van der Waals surface area contributed by atoms with Crippen molar-refractivity contribution in [2.75, 3.05) is 5.32 Å². The van der Waals surface area contributed by atoms with Gasteiger partial charge in [0.15, 0.2) is 0 Å². The maximum atomic E-state index is 11.6. The molecule has 1 aliphatic heterocycles. The van der Waals surface area contributed by atoms with Crippen LogP contribution in [0.1, 0.15) is 33.5 Å². The predicted molar refractivity (Wildman–Crippen MR) is 70.7 cm³/mol. The number of hydrogen-bond acceptors (Lipinski definition) is 5. The summed E-state index contributed by atoms with van der Waals surface area (Å²) in [6, 6.07) is 0.0728. The van der Waals surface area contributed by atoms with E-state index in [2.05, 4.69) is 22.3 Å². The number of fused-ring (bicyclic) bond motifs is 1. The summed E-state index contributed by atoms with van der Waals surface area (Å²) in [6.45, 7) is 8.13. The second-order valence-electron chi connectivity index (χ2n) is 6.01. The van der Waals surface area contributed by atoms with Gasteiger partial charge in [0.25, 0.3) is 5.95 Å². The smallest absolute Gasteiger partial charge is 0.414 e. The van der Waals surface area contributed by atoms with Crippen molar-refractivity contribution in [2.45, 2.75) is 52.3 Å². The molecule has 3 N–H and O–H groups in total. The zero-order chi connectivity index (χ0) is 14.2. The minimum atomic E-state index is -0.548. The van der Waals surface area contributed by atoms with Crippen LogP contribution in [-0.4, -0.2) is 32.5 Å². The molecule has 0 saturated heterocycles. The number of nitrogens with two attached hydrogens (primary N) is 1. The highest BCUT2D eigenvalue weighted by Gasteiger charge is 2.26. The molecule has 19 heavy (non-hydrogen) atoms. The molecule has 0 spiro atoms. The summed E-state index contributed by atoms with van der Waals surface area (Å²) >= 11 is 0. The Morgan fingerprint density at radius 2 is 2.21 bits per heavy atom. The van der Waals surface area contributed by atoms with E-state index in [1.54, 1.807) is 25.5 Å². The number of amides is 1. The minimum absolute atomic E-state index is 0.0728. The third-order valence-electron chi connectivity index (χ3n) is 2.98. The quantitative estimate of drug-likeness (QED) is 0.795.